The zero-order valence-electron chi connectivity index (χ0n) is 10.3. The van der Waals surface area contributed by atoms with Gasteiger partial charge in [-0.3, -0.25) is 0 Å². The predicted molar refractivity (Wildman–Crippen MR) is 63.1 cm³/mol. The molecule has 17 heavy (non-hydrogen) atoms. The smallest absolute Gasteiger partial charge is 0.165 e. The van der Waals surface area contributed by atoms with Gasteiger partial charge in [0.1, 0.15) is 5.82 Å². The Balaban J connectivity index is 2.21. The van der Waals surface area contributed by atoms with Crippen LogP contribution in [0.2, 0.25) is 0 Å². The summed E-state index contributed by atoms with van der Waals surface area (Å²) in [6.07, 6.45) is 2.77. The molecule has 1 saturated carbocycles. The third kappa shape index (κ3) is 3.18. The lowest BCUT2D eigenvalue weighted by Crippen LogP contribution is -2.07. The third-order valence-electron chi connectivity index (χ3n) is 2.93. The summed E-state index contributed by atoms with van der Waals surface area (Å²) >= 11 is 0. The molecular weight excluding hydrogens is 222 g/mol. The van der Waals surface area contributed by atoms with Crippen LogP contribution >= 0.6 is 0 Å². The van der Waals surface area contributed by atoms with Gasteiger partial charge in [0.05, 0.1) is 6.61 Å². The Morgan fingerprint density at radius 3 is 2.47 bits per heavy atom. The highest BCUT2D eigenvalue weighted by Crippen LogP contribution is 2.33. The maximum absolute atomic E-state index is 13.7. The molecule has 0 saturated heterocycles. The van der Waals surface area contributed by atoms with Crippen LogP contribution in [0.25, 0.3) is 0 Å². The summed E-state index contributed by atoms with van der Waals surface area (Å²) in [6, 6.07) is 2.32. The summed E-state index contributed by atoms with van der Waals surface area (Å²) in [6.45, 7) is 4.47. The van der Waals surface area contributed by atoms with Crippen LogP contribution in [0.4, 0.5) is 8.78 Å². The second-order valence-electron chi connectivity index (χ2n) is 5.19. The van der Waals surface area contributed by atoms with Crippen LogP contribution in [0, 0.1) is 23.5 Å². The van der Waals surface area contributed by atoms with E-state index in [0.717, 1.165) is 18.9 Å². The van der Waals surface area contributed by atoms with Crippen LogP contribution in [0.1, 0.15) is 32.3 Å². The van der Waals surface area contributed by atoms with E-state index in [2.05, 4.69) is 0 Å². The van der Waals surface area contributed by atoms with Crippen LogP contribution in [-0.4, -0.2) is 6.61 Å². The minimum absolute atomic E-state index is 0.116. The molecular formula is C14H18F2O. The van der Waals surface area contributed by atoms with Crippen molar-refractivity contribution in [3.63, 3.8) is 0 Å². The van der Waals surface area contributed by atoms with Crippen molar-refractivity contribution in [2.45, 2.75) is 33.1 Å². The summed E-state index contributed by atoms with van der Waals surface area (Å²) in [7, 11) is 0. The van der Waals surface area contributed by atoms with Crippen molar-refractivity contribution in [2.75, 3.05) is 6.61 Å². The number of ether oxygens (including phenoxy) is 1. The third-order valence-corrected chi connectivity index (χ3v) is 2.93. The molecule has 0 amide bonds. The minimum Gasteiger partial charge on any atom is -0.490 e. The molecule has 0 unspecified atom stereocenters. The average Bonchev–Trinajstić information content (AvgIpc) is 3.06. The minimum atomic E-state index is -0.456. The van der Waals surface area contributed by atoms with E-state index < -0.39 is 5.82 Å². The van der Waals surface area contributed by atoms with E-state index in [1.165, 1.54) is 6.07 Å². The van der Waals surface area contributed by atoms with Gasteiger partial charge in [-0.25, -0.2) is 8.78 Å². The number of rotatable bonds is 5. The molecule has 0 aromatic heterocycles. The fourth-order valence-corrected chi connectivity index (χ4v) is 1.82. The van der Waals surface area contributed by atoms with Crippen LogP contribution < -0.4 is 4.74 Å². The first-order valence-electron chi connectivity index (χ1n) is 6.17. The molecule has 1 aliphatic carbocycles. The van der Waals surface area contributed by atoms with Crippen molar-refractivity contribution in [2.24, 2.45) is 11.8 Å². The lowest BCUT2D eigenvalue weighted by Gasteiger charge is -2.14. The van der Waals surface area contributed by atoms with Crippen molar-refractivity contribution in [3.05, 3.63) is 29.3 Å². The number of benzene rings is 1. The van der Waals surface area contributed by atoms with Gasteiger partial charge in [0.2, 0.25) is 0 Å². The molecule has 1 aromatic rings. The Morgan fingerprint density at radius 1 is 1.24 bits per heavy atom. The predicted octanol–water partition coefficient (Wildman–Crippen LogP) is 3.95. The zero-order valence-corrected chi connectivity index (χ0v) is 10.3. The molecule has 3 heteroatoms. The molecule has 0 bridgehead atoms. The summed E-state index contributed by atoms with van der Waals surface area (Å²) in [4.78, 5) is 0. The molecule has 2 rings (SSSR count). The summed E-state index contributed by atoms with van der Waals surface area (Å²) in [5.74, 6) is 0.0957. The second kappa shape index (κ2) is 5.03. The first-order valence-corrected chi connectivity index (χ1v) is 6.17. The number of halogens is 2. The maximum Gasteiger partial charge on any atom is 0.165 e. The number of hydrogen-bond acceptors (Lipinski definition) is 1. The van der Waals surface area contributed by atoms with Gasteiger partial charge in [0.15, 0.2) is 11.6 Å². The van der Waals surface area contributed by atoms with E-state index in [0.29, 0.717) is 24.5 Å². The van der Waals surface area contributed by atoms with E-state index in [1.807, 2.05) is 13.8 Å². The SMILES string of the molecule is CC(C)Cc1c(F)ccc(F)c1OCC1CC1. The van der Waals surface area contributed by atoms with Gasteiger partial charge in [-0.1, -0.05) is 13.8 Å². The summed E-state index contributed by atoms with van der Waals surface area (Å²) in [5.41, 5.74) is 0.376. The Labute approximate surface area is 101 Å². The molecule has 1 nitrogen and oxygen atoms in total. The topological polar surface area (TPSA) is 9.23 Å². The molecule has 0 spiro atoms. The van der Waals surface area contributed by atoms with Crippen molar-refractivity contribution < 1.29 is 13.5 Å². The Hall–Kier alpha value is -1.12. The molecule has 0 N–H and O–H groups in total. The Morgan fingerprint density at radius 2 is 1.88 bits per heavy atom. The van der Waals surface area contributed by atoms with E-state index >= 15 is 0 Å². The Bertz CT molecular complexity index is 397. The van der Waals surface area contributed by atoms with Gasteiger partial charge < -0.3 is 4.74 Å². The first kappa shape index (κ1) is 12.3. The molecule has 0 aliphatic heterocycles. The highest BCUT2D eigenvalue weighted by molar-refractivity contribution is 5.36. The molecule has 1 aromatic carbocycles. The lowest BCUT2D eigenvalue weighted by atomic mass is 10.0. The standard InChI is InChI=1S/C14H18F2O/c1-9(2)7-11-12(15)5-6-13(16)14(11)17-8-10-3-4-10/h5-6,9-10H,3-4,7-8H2,1-2H3. The van der Waals surface area contributed by atoms with E-state index in [4.69, 9.17) is 4.74 Å². The molecule has 0 atom stereocenters. The van der Waals surface area contributed by atoms with Gasteiger partial charge in [0.25, 0.3) is 0 Å². The molecule has 94 valence electrons. The van der Waals surface area contributed by atoms with Gasteiger partial charge in [-0.05, 0) is 43.2 Å². The summed E-state index contributed by atoms with van der Waals surface area (Å²) in [5, 5.41) is 0. The van der Waals surface area contributed by atoms with Crippen molar-refractivity contribution >= 4 is 0 Å². The highest BCUT2D eigenvalue weighted by atomic mass is 19.1. The van der Waals surface area contributed by atoms with Crippen molar-refractivity contribution in [1.29, 1.82) is 0 Å². The maximum atomic E-state index is 13.7. The van der Waals surface area contributed by atoms with E-state index in [-0.39, 0.29) is 17.5 Å². The fraction of sp³-hybridized carbons (Fsp3) is 0.571. The fourth-order valence-electron chi connectivity index (χ4n) is 1.82. The van der Waals surface area contributed by atoms with Crippen LogP contribution in [0.5, 0.6) is 5.75 Å². The quantitative estimate of drug-likeness (QED) is 0.757. The van der Waals surface area contributed by atoms with Gasteiger partial charge in [-0.2, -0.15) is 0 Å². The van der Waals surface area contributed by atoms with E-state index in [1.54, 1.807) is 0 Å². The molecule has 0 heterocycles. The average molecular weight is 240 g/mol. The first-order chi connectivity index (χ1) is 8.08. The van der Waals surface area contributed by atoms with Crippen molar-refractivity contribution in [1.82, 2.24) is 0 Å². The van der Waals surface area contributed by atoms with Gasteiger partial charge in [-0.15, -0.1) is 0 Å². The van der Waals surface area contributed by atoms with Crippen LogP contribution in [-0.2, 0) is 6.42 Å². The largest absolute Gasteiger partial charge is 0.490 e. The normalized spacial score (nSPS) is 15.4. The molecule has 1 aliphatic rings. The van der Waals surface area contributed by atoms with Gasteiger partial charge in [0, 0.05) is 5.56 Å². The second-order valence-corrected chi connectivity index (χ2v) is 5.19. The molecule has 1 fully saturated rings. The molecule has 0 radical (unpaired) electrons. The number of hydrogen-bond donors (Lipinski definition) is 0. The monoisotopic (exact) mass is 240 g/mol. The Kier molecular flexibility index (Phi) is 3.65. The van der Waals surface area contributed by atoms with Crippen LogP contribution in [0.15, 0.2) is 12.1 Å². The highest BCUT2D eigenvalue weighted by Gasteiger charge is 2.24. The van der Waals surface area contributed by atoms with Gasteiger partial charge >= 0.3 is 0 Å². The van der Waals surface area contributed by atoms with Crippen LogP contribution in [0.3, 0.4) is 0 Å². The lowest BCUT2D eigenvalue weighted by molar-refractivity contribution is 0.278. The summed E-state index contributed by atoms with van der Waals surface area (Å²) < 4.78 is 32.8. The zero-order chi connectivity index (χ0) is 12.4. The van der Waals surface area contributed by atoms with Crippen molar-refractivity contribution in [3.8, 4) is 5.75 Å². The van der Waals surface area contributed by atoms with E-state index in [9.17, 15) is 8.78 Å².